The fraction of sp³-hybridized carbons (Fsp3) is 0.182. The van der Waals surface area contributed by atoms with Crippen molar-refractivity contribution in [2.24, 2.45) is 0 Å². The summed E-state index contributed by atoms with van der Waals surface area (Å²) in [6.45, 7) is -0.332. The predicted molar refractivity (Wildman–Crippen MR) is 106 cm³/mol. The van der Waals surface area contributed by atoms with Crippen molar-refractivity contribution in [3.05, 3.63) is 77.0 Å². The van der Waals surface area contributed by atoms with E-state index >= 15 is 0 Å². The second-order valence-corrected chi connectivity index (χ2v) is 7.16. The number of imide groups is 1. The van der Waals surface area contributed by atoms with Gasteiger partial charge in [0.2, 0.25) is 5.91 Å². The van der Waals surface area contributed by atoms with Gasteiger partial charge < -0.3 is 5.32 Å². The maximum absolute atomic E-state index is 12.8. The van der Waals surface area contributed by atoms with E-state index < -0.39 is 17.7 Å². The second kappa shape index (κ2) is 6.70. The van der Waals surface area contributed by atoms with Gasteiger partial charge in [0.05, 0.1) is 22.5 Å². The van der Waals surface area contributed by atoms with Crippen LogP contribution in [0, 0.1) is 0 Å². The summed E-state index contributed by atoms with van der Waals surface area (Å²) in [6.07, 6.45) is 2.70. The summed E-state index contributed by atoms with van der Waals surface area (Å²) in [7, 11) is 0. The molecule has 2 heterocycles. The number of nitrogens with zero attached hydrogens (tertiary/aromatic N) is 3. The molecular weight excluding hydrogens is 368 g/mol. The Hall–Kier alpha value is -3.74. The molecule has 1 aromatic heterocycles. The van der Waals surface area contributed by atoms with Crippen LogP contribution in [-0.4, -0.2) is 38.9 Å². The first-order valence-corrected chi connectivity index (χ1v) is 9.55. The molecule has 1 aliphatic carbocycles. The van der Waals surface area contributed by atoms with Crippen LogP contribution < -0.4 is 5.32 Å². The number of carbonyl (C=O) groups is 3. The number of carbonyl (C=O) groups excluding carboxylic acids is 3. The van der Waals surface area contributed by atoms with Crippen molar-refractivity contribution in [2.75, 3.05) is 11.9 Å². The second-order valence-electron chi connectivity index (χ2n) is 7.16. The number of para-hydroxylation sites is 1. The van der Waals surface area contributed by atoms with E-state index in [1.807, 2.05) is 30.3 Å². The van der Waals surface area contributed by atoms with Gasteiger partial charge in [-0.1, -0.05) is 30.3 Å². The zero-order valence-corrected chi connectivity index (χ0v) is 15.6. The van der Waals surface area contributed by atoms with E-state index in [0.717, 1.165) is 41.1 Å². The molecule has 3 aromatic rings. The van der Waals surface area contributed by atoms with Gasteiger partial charge in [-0.2, -0.15) is 5.10 Å². The van der Waals surface area contributed by atoms with E-state index in [4.69, 9.17) is 0 Å². The van der Waals surface area contributed by atoms with Crippen molar-refractivity contribution in [3.8, 4) is 5.69 Å². The number of hydrogen-bond donors (Lipinski definition) is 1. The Labute approximate surface area is 166 Å². The molecule has 3 amide bonds. The first kappa shape index (κ1) is 17.4. The van der Waals surface area contributed by atoms with Crippen LogP contribution in [0.2, 0.25) is 0 Å². The van der Waals surface area contributed by atoms with Crippen LogP contribution in [0.3, 0.4) is 0 Å². The number of hydrogen-bond acceptors (Lipinski definition) is 4. The largest absolute Gasteiger partial charge is 0.309 e. The summed E-state index contributed by atoms with van der Waals surface area (Å²) < 4.78 is 1.73. The minimum Gasteiger partial charge on any atom is -0.309 e. The average Bonchev–Trinajstić information content (AvgIpc) is 3.40. The predicted octanol–water partition coefficient (Wildman–Crippen LogP) is 2.60. The summed E-state index contributed by atoms with van der Waals surface area (Å²) in [5.74, 6) is -0.693. The Morgan fingerprint density at radius 1 is 0.931 bits per heavy atom. The van der Waals surface area contributed by atoms with Crippen molar-refractivity contribution >= 4 is 23.5 Å². The smallest absolute Gasteiger partial charge is 0.262 e. The van der Waals surface area contributed by atoms with Crippen LogP contribution in [-0.2, 0) is 17.6 Å². The topological polar surface area (TPSA) is 84.3 Å². The molecule has 29 heavy (non-hydrogen) atoms. The number of amides is 3. The molecule has 2 aliphatic rings. The van der Waals surface area contributed by atoms with Gasteiger partial charge in [0.15, 0.2) is 0 Å². The highest BCUT2D eigenvalue weighted by atomic mass is 16.2. The summed E-state index contributed by atoms with van der Waals surface area (Å²) >= 11 is 0. The Balaban J connectivity index is 1.41. The molecule has 7 nitrogen and oxygen atoms in total. The molecule has 0 radical (unpaired) electrons. The normalized spacial score (nSPS) is 14.8. The number of anilines is 1. The molecular formula is C22H18N4O3. The van der Waals surface area contributed by atoms with Gasteiger partial charge in [-0.05, 0) is 43.5 Å². The Morgan fingerprint density at radius 3 is 2.28 bits per heavy atom. The van der Waals surface area contributed by atoms with Crippen LogP contribution in [0.5, 0.6) is 0 Å². The molecule has 144 valence electrons. The van der Waals surface area contributed by atoms with Crippen molar-refractivity contribution in [3.63, 3.8) is 0 Å². The van der Waals surface area contributed by atoms with E-state index in [-0.39, 0.29) is 6.54 Å². The number of aromatic nitrogens is 2. The monoisotopic (exact) mass is 386 g/mol. The molecule has 7 heteroatoms. The Bertz CT molecular complexity index is 1120. The lowest BCUT2D eigenvalue weighted by atomic mass is 10.1. The third kappa shape index (κ3) is 2.82. The quantitative estimate of drug-likeness (QED) is 0.699. The zero-order valence-electron chi connectivity index (χ0n) is 15.6. The van der Waals surface area contributed by atoms with Gasteiger partial charge in [-0.3, -0.25) is 19.3 Å². The fourth-order valence-corrected chi connectivity index (χ4v) is 3.97. The molecule has 1 N–H and O–H groups in total. The van der Waals surface area contributed by atoms with Crippen LogP contribution in [0.4, 0.5) is 5.82 Å². The highest BCUT2D eigenvalue weighted by Crippen LogP contribution is 2.31. The Morgan fingerprint density at radius 2 is 1.59 bits per heavy atom. The first-order valence-electron chi connectivity index (χ1n) is 9.55. The van der Waals surface area contributed by atoms with Crippen LogP contribution >= 0.6 is 0 Å². The Kier molecular flexibility index (Phi) is 4.01. The molecule has 0 unspecified atom stereocenters. The molecule has 0 fully saturated rings. The molecule has 2 aromatic carbocycles. The van der Waals surface area contributed by atoms with Crippen molar-refractivity contribution in [1.82, 2.24) is 14.7 Å². The van der Waals surface area contributed by atoms with Crippen molar-refractivity contribution < 1.29 is 14.4 Å². The number of nitrogens with one attached hydrogen (secondary N) is 1. The minimum absolute atomic E-state index is 0.332. The van der Waals surface area contributed by atoms with E-state index in [1.54, 1.807) is 28.9 Å². The van der Waals surface area contributed by atoms with Crippen LogP contribution in [0.1, 0.15) is 38.4 Å². The SMILES string of the molecule is O=C(CN1C(=O)c2ccccc2C1=O)Nc1c2c(nn1-c1ccccc1)CCC2. The standard InChI is InChI=1S/C22H18N4O3/c27-19(13-25-21(28)15-9-4-5-10-16(15)22(25)29)23-20-17-11-6-12-18(17)24-26(20)14-7-2-1-3-8-14/h1-5,7-10H,6,11-13H2,(H,23,27). The first-order chi connectivity index (χ1) is 14.1. The third-order valence-electron chi connectivity index (χ3n) is 5.35. The molecule has 0 atom stereocenters. The van der Waals surface area contributed by atoms with Gasteiger partial charge in [0.25, 0.3) is 11.8 Å². The summed E-state index contributed by atoms with van der Waals surface area (Å²) in [6, 6.07) is 16.2. The number of rotatable bonds is 4. The van der Waals surface area contributed by atoms with Gasteiger partial charge in [-0.25, -0.2) is 4.68 Å². The van der Waals surface area contributed by atoms with Crippen LogP contribution in [0.25, 0.3) is 5.69 Å². The third-order valence-corrected chi connectivity index (χ3v) is 5.35. The number of aryl methyl sites for hydroxylation is 1. The van der Waals surface area contributed by atoms with Gasteiger partial charge in [0.1, 0.15) is 12.4 Å². The van der Waals surface area contributed by atoms with Gasteiger partial charge >= 0.3 is 0 Å². The van der Waals surface area contributed by atoms with E-state index in [1.165, 1.54) is 0 Å². The highest BCUT2D eigenvalue weighted by Gasteiger charge is 2.36. The number of fused-ring (bicyclic) bond motifs is 2. The summed E-state index contributed by atoms with van der Waals surface area (Å²) in [5, 5.41) is 7.56. The number of benzene rings is 2. The fourth-order valence-electron chi connectivity index (χ4n) is 3.97. The van der Waals surface area contributed by atoms with E-state index in [0.29, 0.717) is 16.9 Å². The van der Waals surface area contributed by atoms with E-state index in [9.17, 15) is 14.4 Å². The molecule has 0 saturated carbocycles. The lowest BCUT2D eigenvalue weighted by Crippen LogP contribution is -2.37. The summed E-state index contributed by atoms with van der Waals surface area (Å²) in [5.41, 5.74) is 3.51. The van der Waals surface area contributed by atoms with Crippen LogP contribution in [0.15, 0.2) is 54.6 Å². The maximum atomic E-state index is 12.8. The zero-order chi connectivity index (χ0) is 20.0. The van der Waals surface area contributed by atoms with Gasteiger partial charge in [0, 0.05) is 5.56 Å². The lowest BCUT2D eigenvalue weighted by Gasteiger charge is -2.15. The van der Waals surface area contributed by atoms with Gasteiger partial charge in [-0.15, -0.1) is 0 Å². The van der Waals surface area contributed by atoms with Crippen molar-refractivity contribution in [2.45, 2.75) is 19.3 Å². The highest BCUT2D eigenvalue weighted by molar-refractivity contribution is 6.22. The van der Waals surface area contributed by atoms with E-state index in [2.05, 4.69) is 10.4 Å². The molecule has 0 saturated heterocycles. The maximum Gasteiger partial charge on any atom is 0.262 e. The molecule has 5 rings (SSSR count). The summed E-state index contributed by atoms with van der Waals surface area (Å²) in [4.78, 5) is 38.8. The lowest BCUT2D eigenvalue weighted by molar-refractivity contribution is -0.116. The average molecular weight is 386 g/mol. The van der Waals surface area contributed by atoms with Crippen molar-refractivity contribution in [1.29, 1.82) is 0 Å². The molecule has 0 bridgehead atoms. The molecule has 0 spiro atoms. The molecule has 1 aliphatic heterocycles. The minimum atomic E-state index is -0.442.